The number of methoxy groups -OCH3 is 1. The Morgan fingerprint density at radius 3 is 2.79 bits per heavy atom. The van der Waals surface area contributed by atoms with E-state index in [1.54, 1.807) is 0 Å². The minimum absolute atomic E-state index is 0.0540. The molecule has 98 valence electrons. The first-order valence-corrected chi connectivity index (χ1v) is 5.71. The van der Waals surface area contributed by atoms with Crippen LogP contribution in [0.4, 0.5) is 0 Å². The Kier molecular flexibility index (Phi) is 3.56. The zero-order valence-electron chi connectivity index (χ0n) is 9.57. The number of aromatic carboxylic acids is 1. The minimum Gasteiger partial charge on any atom is -0.478 e. The van der Waals surface area contributed by atoms with Crippen LogP contribution in [0.1, 0.15) is 21.0 Å². The van der Waals surface area contributed by atoms with Gasteiger partial charge in [-0.2, -0.15) is 0 Å². The van der Waals surface area contributed by atoms with Crippen LogP contribution in [0.5, 0.6) is 0 Å². The Labute approximate surface area is 115 Å². The molecule has 0 unspecified atom stereocenters. The molecule has 0 spiro atoms. The first-order valence-electron chi connectivity index (χ1n) is 4.92. The third kappa shape index (κ3) is 2.60. The maximum absolute atomic E-state index is 11.2. The highest BCUT2D eigenvalue weighted by Gasteiger charge is 2.18. The summed E-state index contributed by atoms with van der Waals surface area (Å²) in [5.74, 6) is -2.01. The summed E-state index contributed by atoms with van der Waals surface area (Å²) in [6.45, 7) is 0. The summed E-state index contributed by atoms with van der Waals surface area (Å²) in [5, 5.41) is 12.9. The van der Waals surface area contributed by atoms with Crippen molar-refractivity contribution in [2.75, 3.05) is 7.11 Å². The number of rotatable bonds is 3. The quantitative estimate of drug-likeness (QED) is 0.835. The number of pyridine rings is 1. The molecule has 0 fully saturated rings. The van der Waals surface area contributed by atoms with Gasteiger partial charge < -0.3 is 9.84 Å². The van der Waals surface area contributed by atoms with Crippen LogP contribution in [0.15, 0.2) is 23.1 Å². The van der Waals surface area contributed by atoms with E-state index in [-0.39, 0.29) is 17.2 Å². The van der Waals surface area contributed by atoms with Gasteiger partial charge in [0.1, 0.15) is 11.9 Å². The fraction of sp³-hybridized carbons (Fsp3) is 0.100. The zero-order chi connectivity index (χ0) is 14.0. The van der Waals surface area contributed by atoms with Crippen molar-refractivity contribution in [1.29, 1.82) is 0 Å². The number of hydrogen-bond donors (Lipinski definition) is 1. The molecule has 2 rings (SSSR count). The predicted molar refractivity (Wildman–Crippen MR) is 65.2 cm³/mol. The zero-order valence-corrected chi connectivity index (χ0v) is 11.2. The van der Waals surface area contributed by atoms with E-state index in [1.165, 1.54) is 25.7 Å². The summed E-state index contributed by atoms with van der Waals surface area (Å²) in [6.07, 6.45) is 2.61. The molecule has 0 aliphatic rings. The van der Waals surface area contributed by atoms with E-state index in [4.69, 9.17) is 5.11 Å². The van der Waals surface area contributed by atoms with Gasteiger partial charge in [0.2, 0.25) is 0 Å². The Morgan fingerprint density at radius 1 is 1.42 bits per heavy atom. The first kappa shape index (κ1) is 13.1. The first-order chi connectivity index (χ1) is 9.02. The molecule has 0 bridgehead atoms. The van der Waals surface area contributed by atoms with E-state index in [9.17, 15) is 9.59 Å². The Hall–Kier alpha value is -2.29. The van der Waals surface area contributed by atoms with Gasteiger partial charge in [0.05, 0.1) is 7.11 Å². The predicted octanol–water partition coefficient (Wildman–Crippen LogP) is 0.910. The van der Waals surface area contributed by atoms with Gasteiger partial charge in [0.15, 0.2) is 5.82 Å². The fourth-order valence-corrected chi connectivity index (χ4v) is 1.65. The molecular weight excluding hydrogens is 320 g/mol. The van der Waals surface area contributed by atoms with Crippen LogP contribution in [0.25, 0.3) is 5.82 Å². The standard InChI is InChI=1S/C10H7BrN4O4/c1-19-10(18)7-13-4-15(14-7)8-6(9(16)17)2-5(11)3-12-8/h2-4H,1H3,(H,16,17). The molecule has 1 N–H and O–H groups in total. The van der Waals surface area contributed by atoms with Gasteiger partial charge in [-0.3, -0.25) is 0 Å². The molecule has 0 aromatic carbocycles. The Bertz CT molecular complexity index is 655. The van der Waals surface area contributed by atoms with Crippen molar-refractivity contribution in [3.63, 3.8) is 0 Å². The van der Waals surface area contributed by atoms with E-state index in [1.807, 2.05) is 0 Å². The Balaban J connectivity index is 2.50. The molecule has 0 aliphatic heterocycles. The number of halogens is 1. The lowest BCUT2D eigenvalue weighted by Gasteiger charge is -2.04. The second-order valence-corrected chi connectivity index (χ2v) is 4.25. The number of carbonyl (C=O) groups is 2. The molecule has 0 aliphatic carbocycles. The van der Waals surface area contributed by atoms with E-state index in [2.05, 4.69) is 35.7 Å². The van der Waals surface area contributed by atoms with Crippen LogP contribution >= 0.6 is 15.9 Å². The smallest absolute Gasteiger partial charge is 0.377 e. The third-order valence-electron chi connectivity index (χ3n) is 2.14. The highest BCUT2D eigenvalue weighted by Crippen LogP contribution is 2.16. The second-order valence-electron chi connectivity index (χ2n) is 3.33. The maximum Gasteiger partial charge on any atom is 0.377 e. The van der Waals surface area contributed by atoms with Crippen LogP contribution in [0.3, 0.4) is 0 Å². The third-order valence-corrected chi connectivity index (χ3v) is 2.57. The van der Waals surface area contributed by atoms with Gasteiger partial charge in [-0.05, 0) is 22.0 Å². The summed E-state index contributed by atoms with van der Waals surface area (Å²) in [4.78, 5) is 30.0. The van der Waals surface area contributed by atoms with Crippen molar-refractivity contribution < 1.29 is 19.4 Å². The van der Waals surface area contributed by atoms with Crippen LogP contribution in [0.2, 0.25) is 0 Å². The monoisotopic (exact) mass is 326 g/mol. The number of carbonyl (C=O) groups excluding carboxylic acids is 1. The molecule has 19 heavy (non-hydrogen) atoms. The van der Waals surface area contributed by atoms with Gasteiger partial charge in [0.25, 0.3) is 5.82 Å². The number of nitrogens with zero attached hydrogens (tertiary/aromatic N) is 4. The van der Waals surface area contributed by atoms with Crippen LogP contribution in [-0.2, 0) is 4.74 Å². The largest absolute Gasteiger partial charge is 0.478 e. The highest BCUT2D eigenvalue weighted by atomic mass is 79.9. The van der Waals surface area contributed by atoms with Gasteiger partial charge in [-0.1, -0.05) is 0 Å². The maximum atomic E-state index is 11.2. The van der Waals surface area contributed by atoms with E-state index < -0.39 is 11.9 Å². The molecule has 0 saturated carbocycles. The van der Waals surface area contributed by atoms with Crippen molar-refractivity contribution in [2.45, 2.75) is 0 Å². The number of carboxylic acid groups (broad SMARTS) is 1. The van der Waals surface area contributed by atoms with Crippen molar-refractivity contribution in [3.05, 3.63) is 34.5 Å². The van der Waals surface area contributed by atoms with E-state index in [0.717, 1.165) is 4.68 Å². The van der Waals surface area contributed by atoms with Crippen molar-refractivity contribution in [2.24, 2.45) is 0 Å². The van der Waals surface area contributed by atoms with Crippen molar-refractivity contribution in [1.82, 2.24) is 19.7 Å². The van der Waals surface area contributed by atoms with Crippen LogP contribution < -0.4 is 0 Å². The number of aromatic nitrogens is 4. The summed E-state index contributed by atoms with van der Waals surface area (Å²) in [7, 11) is 1.20. The number of esters is 1. The molecule has 0 amide bonds. The topological polar surface area (TPSA) is 107 Å². The van der Waals surface area contributed by atoms with Crippen molar-refractivity contribution in [3.8, 4) is 5.82 Å². The lowest BCUT2D eigenvalue weighted by molar-refractivity contribution is 0.0586. The molecule has 0 saturated heterocycles. The summed E-state index contributed by atoms with van der Waals surface area (Å²) >= 11 is 3.13. The summed E-state index contributed by atoms with van der Waals surface area (Å²) in [5.41, 5.74) is -0.0734. The van der Waals surface area contributed by atoms with Gasteiger partial charge in [0, 0.05) is 10.7 Å². The number of carboxylic acids is 1. The summed E-state index contributed by atoms with van der Waals surface area (Å²) < 4.78 is 6.08. The van der Waals surface area contributed by atoms with Gasteiger partial charge >= 0.3 is 11.9 Å². The molecule has 0 atom stereocenters. The average molecular weight is 327 g/mol. The second kappa shape index (κ2) is 5.14. The normalized spacial score (nSPS) is 10.2. The molecule has 0 radical (unpaired) electrons. The van der Waals surface area contributed by atoms with Gasteiger partial charge in [-0.25, -0.2) is 24.2 Å². The molecule has 2 aromatic heterocycles. The SMILES string of the molecule is COC(=O)c1ncn(-c2ncc(Br)cc2C(=O)O)n1. The number of ether oxygens (including phenoxy) is 1. The Morgan fingerprint density at radius 2 is 2.16 bits per heavy atom. The average Bonchev–Trinajstić information content (AvgIpc) is 2.87. The van der Waals surface area contributed by atoms with E-state index in [0.29, 0.717) is 4.47 Å². The summed E-state index contributed by atoms with van der Waals surface area (Å²) in [6, 6.07) is 1.38. The van der Waals surface area contributed by atoms with Crippen LogP contribution in [-0.4, -0.2) is 43.9 Å². The molecule has 8 nitrogen and oxygen atoms in total. The fourth-order valence-electron chi connectivity index (χ4n) is 1.32. The van der Waals surface area contributed by atoms with Gasteiger partial charge in [-0.15, -0.1) is 5.10 Å². The van der Waals surface area contributed by atoms with E-state index >= 15 is 0 Å². The lowest BCUT2D eigenvalue weighted by Crippen LogP contribution is -2.10. The van der Waals surface area contributed by atoms with Crippen molar-refractivity contribution >= 4 is 27.9 Å². The molecule has 2 heterocycles. The lowest BCUT2D eigenvalue weighted by atomic mass is 10.2. The highest BCUT2D eigenvalue weighted by molar-refractivity contribution is 9.10. The number of hydrogen-bond acceptors (Lipinski definition) is 6. The molecule has 2 aromatic rings. The molecular formula is C10H7BrN4O4. The minimum atomic E-state index is -1.17. The molecule has 9 heteroatoms. The van der Waals surface area contributed by atoms with Crippen LogP contribution in [0, 0.1) is 0 Å².